The van der Waals surface area contributed by atoms with Crippen molar-refractivity contribution < 1.29 is 9.84 Å². The lowest BCUT2D eigenvalue weighted by atomic mass is 10.0. The van der Waals surface area contributed by atoms with Crippen LogP contribution in [0.1, 0.15) is 44.2 Å². The van der Waals surface area contributed by atoms with E-state index in [4.69, 9.17) is 4.74 Å². The van der Waals surface area contributed by atoms with Gasteiger partial charge in [-0.3, -0.25) is 0 Å². The maximum Gasteiger partial charge on any atom is 0.122 e. The number of aliphatic hydroxyl groups excluding tert-OH is 1. The zero-order chi connectivity index (χ0) is 14.3. The van der Waals surface area contributed by atoms with Gasteiger partial charge in [-0.2, -0.15) is 0 Å². The highest BCUT2D eigenvalue weighted by Gasteiger charge is 2.08. The Balaban J connectivity index is 2.50. The van der Waals surface area contributed by atoms with E-state index in [1.54, 1.807) is 0 Å². The standard InChI is InChI=1S/C16H27NO2/c1-5-8-17-10-15(18)11-19-16-9-14(12(2)3)7-6-13(16)4/h6-7,9,12,15,17-18H,5,8,10-11H2,1-4H3. The molecule has 1 rings (SSSR count). The topological polar surface area (TPSA) is 41.5 Å². The molecule has 0 saturated carbocycles. The van der Waals surface area contributed by atoms with Gasteiger partial charge < -0.3 is 15.2 Å². The lowest BCUT2D eigenvalue weighted by Gasteiger charge is -2.16. The van der Waals surface area contributed by atoms with E-state index in [2.05, 4.69) is 44.3 Å². The molecule has 0 aliphatic heterocycles. The Morgan fingerprint density at radius 2 is 2.05 bits per heavy atom. The predicted molar refractivity (Wildman–Crippen MR) is 79.9 cm³/mol. The molecule has 3 heteroatoms. The number of rotatable bonds is 8. The molecule has 0 spiro atoms. The lowest BCUT2D eigenvalue weighted by molar-refractivity contribution is 0.106. The van der Waals surface area contributed by atoms with Gasteiger partial charge in [0, 0.05) is 6.54 Å². The predicted octanol–water partition coefficient (Wildman–Crippen LogP) is 2.86. The quantitative estimate of drug-likeness (QED) is 0.710. The summed E-state index contributed by atoms with van der Waals surface area (Å²) in [6.07, 6.45) is 0.608. The number of benzene rings is 1. The van der Waals surface area contributed by atoms with Gasteiger partial charge in [-0.05, 0) is 43.0 Å². The molecule has 108 valence electrons. The van der Waals surface area contributed by atoms with Crippen molar-refractivity contribution in [1.82, 2.24) is 5.32 Å². The first-order valence-electron chi connectivity index (χ1n) is 7.16. The third-order valence-electron chi connectivity index (χ3n) is 3.12. The summed E-state index contributed by atoms with van der Waals surface area (Å²) < 4.78 is 5.73. The molecule has 0 aliphatic rings. The number of hydrogen-bond acceptors (Lipinski definition) is 3. The van der Waals surface area contributed by atoms with Crippen LogP contribution in [0.25, 0.3) is 0 Å². The van der Waals surface area contributed by atoms with Gasteiger partial charge in [-0.15, -0.1) is 0 Å². The Hall–Kier alpha value is -1.06. The van der Waals surface area contributed by atoms with Crippen LogP contribution in [-0.2, 0) is 0 Å². The zero-order valence-corrected chi connectivity index (χ0v) is 12.6. The largest absolute Gasteiger partial charge is 0.491 e. The second-order valence-electron chi connectivity index (χ2n) is 5.35. The van der Waals surface area contributed by atoms with Crippen molar-refractivity contribution in [2.45, 2.75) is 46.1 Å². The van der Waals surface area contributed by atoms with Crippen LogP contribution in [0.4, 0.5) is 0 Å². The molecular weight excluding hydrogens is 238 g/mol. The SMILES string of the molecule is CCCNCC(O)COc1cc(C(C)C)ccc1C. The van der Waals surface area contributed by atoms with Crippen molar-refractivity contribution in [2.24, 2.45) is 0 Å². The van der Waals surface area contributed by atoms with Crippen molar-refractivity contribution in [1.29, 1.82) is 0 Å². The third-order valence-corrected chi connectivity index (χ3v) is 3.12. The molecule has 1 atom stereocenters. The van der Waals surface area contributed by atoms with Crippen LogP contribution in [0.5, 0.6) is 5.75 Å². The highest BCUT2D eigenvalue weighted by molar-refractivity contribution is 5.37. The molecule has 0 heterocycles. The van der Waals surface area contributed by atoms with Crippen LogP contribution in [0.3, 0.4) is 0 Å². The fourth-order valence-electron chi connectivity index (χ4n) is 1.82. The van der Waals surface area contributed by atoms with Gasteiger partial charge in [0.25, 0.3) is 0 Å². The summed E-state index contributed by atoms with van der Waals surface area (Å²) in [6.45, 7) is 10.3. The van der Waals surface area contributed by atoms with Crippen LogP contribution < -0.4 is 10.1 Å². The highest BCUT2D eigenvalue weighted by atomic mass is 16.5. The molecule has 1 unspecified atom stereocenters. The summed E-state index contributed by atoms with van der Waals surface area (Å²) >= 11 is 0. The Bertz CT molecular complexity index is 377. The smallest absolute Gasteiger partial charge is 0.122 e. The minimum absolute atomic E-state index is 0.332. The van der Waals surface area contributed by atoms with E-state index in [9.17, 15) is 5.11 Å². The minimum atomic E-state index is -0.464. The van der Waals surface area contributed by atoms with Crippen molar-refractivity contribution in [3.63, 3.8) is 0 Å². The Labute approximate surface area is 117 Å². The molecule has 0 amide bonds. The average molecular weight is 265 g/mol. The van der Waals surface area contributed by atoms with E-state index < -0.39 is 6.10 Å². The van der Waals surface area contributed by atoms with E-state index in [-0.39, 0.29) is 0 Å². The maximum atomic E-state index is 9.82. The summed E-state index contributed by atoms with van der Waals surface area (Å²) in [6, 6.07) is 6.28. The molecule has 1 aromatic carbocycles. The fraction of sp³-hybridized carbons (Fsp3) is 0.625. The Morgan fingerprint density at radius 3 is 2.68 bits per heavy atom. The molecule has 0 fully saturated rings. The van der Waals surface area contributed by atoms with E-state index in [1.807, 2.05) is 6.92 Å². The van der Waals surface area contributed by atoms with Gasteiger partial charge in [-0.1, -0.05) is 32.9 Å². The van der Waals surface area contributed by atoms with Crippen molar-refractivity contribution in [3.8, 4) is 5.75 Å². The molecule has 0 bridgehead atoms. The summed E-state index contributed by atoms with van der Waals surface area (Å²) in [4.78, 5) is 0. The molecule has 0 radical (unpaired) electrons. The fourth-order valence-corrected chi connectivity index (χ4v) is 1.82. The van der Waals surface area contributed by atoms with Crippen molar-refractivity contribution >= 4 is 0 Å². The second kappa shape index (κ2) is 8.18. The third kappa shape index (κ3) is 5.62. The Kier molecular flexibility index (Phi) is 6.89. The monoisotopic (exact) mass is 265 g/mol. The summed E-state index contributed by atoms with van der Waals surface area (Å²) in [5.41, 5.74) is 2.37. The molecule has 1 aromatic rings. The second-order valence-corrected chi connectivity index (χ2v) is 5.35. The lowest BCUT2D eigenvalue weighted by Crippen LogP contribution is -2.31. The number of ether oxygens (including phenoxy) is 1. The number of aryl methyl sites for hydroxylation is 1. The van der Waals surface area contributed by atoms with E-state index >= 15 is 0 Å². The number of hydrogen-bond donors (Lipinski definition) is 2. The van der Waals surface area contributed by atoms with Crippen LogP contribution in [-0.4, -0.2) is 30.9 Å². The van der Waals surface area contributed by atoms with E-state index in [0.29, 0.717) is 19.1 Å². The first-order valence-corrected chi connectivity index (χ1v) is 7.16. The highest BCUT2D eigenvalue weighted by Crippen LogP contribution is 2.24. The molecule has 0 saturated heterocycles. The molecule has 3 nitrogen and oxygen atoms in total. The van der Waals surface area contributed by atoms with E-state index in [0.717, 1.165) is 24.3 Å². The van der Waals surface area contributed by atoms with Gasteiger partial charge in [0.05, 0.1) is 0 Å². The summed E-state index contributed by atoms with van der Waals surface area (Å²) in [7, 11) is 0. The van der Waals surface area contributed by atoms with Crippen molar-refractivity contribution in [2.75, 3.05) is 19.7 Å². The zero-order valence-electron chi connectivity index (χ0n) is 12.6. The van der Waals surface area contributed by atoms with Gasteiger partial charge in [0.1, 0.15) is 18.5 Å². The van der Waals surface area contributed by atoms with Gasteiger partial charge in [0.2, 0.25) is 0 Å². The van der Waals surface area contributed by atoms with Gasteiger partial charge in [-0.25, -0.2) is 0 Å². The first kappa shape index (κ1) is 16.0. The minimum Gasteiger partial charge on any atom is -0.491 e. The normalized spacial score (nSPS) is 12.7. The van der Waals surface area contributed by atoms with Gasteiger partial charge in [0.15, 0.2) is 0 Å². The molecule has 0 aromatic heterocycles. The molecule has 19 heavy (non-hydrogen) atoms. The number of nitrogens with one attached hydrogen (secondary N) is 1. The molecule has 2 N–H and O–H groups in total. The Morgan fingerprint density at radius 1 is 1.32 bits per heavy atom. The summed E-state index contributed by atoms with van der Waals surface area (Å²) in [5.74, 6) is 1.36. The van der Waals surface area contributed by atoms with Crippen LogP contribution >= 0.6 is 0 Å². The summed E-state index contributed by atoms with van der Waals surface area (Å²) in [5, 5.41) is 13.0. The van der Waals surface area contributed by atoms with Crippen LogP contribution in [0, 0.1) is 6.92 Å². The molecular formula is C16H27NO2. The van der Waals surface area contributed by atoms with Gasteiger partial charge >= 0.3 is 0 Å². The van der Waals surface area contributed by atoms with Crippen LogP contribution in [0.2, 0.25) is 0 Å². The maximum absolute atomic E-state index is 9.82. The molecule has 0 aliphatic carbocycles. The first-order chi connectivity index (χ1) is 9.04. The number of aliphatic hydroxyl groups is 1. The van der Waals surface area contributed by atoms with E-state index in [1.165, 1.54) is 5.56 Å². The average Bonchev–Trinajstić information content (AvgIpc) is 2.37. The van der Waals surface area contributed by atoms with Crippen molar-refractivity contribution in [3.05, 3.63) is 29.3 Å². The van der Waals surface area contributed by atoms with Crippen LogP contribution in [0.15, 0.2) is 18.2 Å².